The van der Waals surface area contributed by atoms with Gasteiger partial charge in [0.25, 0.3) is 0 Å². The topological polar surface area (TPSA) is 21.3 Å². The summed E-state index contributed by atoms with van der Waals surface area (Å²) in [7, 11) is 1.73. The summed E-state index contributed by atoms with van der Waals surface area (Å²) in [4.78, 5) is 0. The number of hydrogen-bond donors (Lipinski definition) is 1. The SMILES string of the molecule is CCCNC(c1ccccc1C)c1ccccc1OC. The minimum Gasteiger partial charge on any atom is -0.496 e. The van der Waals surface area contributed by atoms with Crippen molar-refractivity contribution in [1.82, 2.24) is 5.32 Å². The smallest absolute Gasteiger partial charge is 0.123 e. The van der Waals surface area contributed by atoms with E-state index in [0.29, 0.717) is 0 Å². The van der Waals surface area contributed by atoms with E-state index < -0.39 is 0 Å². The lowest BCUT2D eigenvalue weighted by molar-refractivity contribution is 0.403. The molecule has 0 radical (unpaired) electrons. The largest absolute Gasteiger partial charge is 0.496 e. The van der Waals surface area contributed by atoms with Crippen molar-refractivity contribution >= 4 is 0 Å². The zero-order valence-electron chi connectivity index (χ0n) is 12.5. The zero-order valence-corrected chi connectivity index (χ0v) is 12.5. The Balaban J connectivity index is 2.44. The quantitative estimate of drug-likeness (QED) is 0.852. The van der Waals surface area contributed by atoms with Gasteiger partial charge in [-0.15, -0.1) is 0 Å². The van der Waals surface area contributed by atoms with Gasteiger partial charge in [0, 0.05) is 5.56 Å². The molecule has 0 amide bonds. The van der Waals surface area contributed by atoms with Crippen molar-refractivity contribution in [3.05, 3.63) is 65.2 Å². The predicted octanol–water partition coefficient (Wildman–Crippen LogP) is 4.09. The fraction of sp³-hybridized carbons (Fsp3) is 0.333. The molecule has 0 saturated heterocycles. The monoisotopic (exact) mass is 269 g/mol. The van der Waals surface area contributed by atoms with E-state index in [0.717, 1.165) is 18.7 Å². The Morgan fingerprint density at radius 3 is 2.30 bits per heavy atom. The summed E-state index contributed by atoms with van der Waals surface area (Å²) in [5, 5.41) is 3.64. The van der Waals surface area contributed by atoms with Gasteiger partial charge in [0.15, 0.2) is 0 Å². The van der Waals surface area contributed by atoms with Gasteiger partial charge >= 0.3 is 0 Å². The van der Waals surface area contributed by atoms with E-state index in [9.17, 15) is 0 Å². The first kappa shape index (κ1) is 14.6. The number of hydrogen-bond acceptors (Lipinski definition) is 2. The van der Waals surface area contributed by atoms with E-state index in [2.05, 4.69) is 55.6 Å². The van der Waals surface area contributed by atoms with E-state index in [4.69, 9.17) is 4.74 Å². The Labute approximate surface area is 121 Å². The van der Waals surface area contributed by atoms with E-state index in [1.807, 2.05) is 12.1 Å². The maximum absolute atomic E-state index is 5.53. The van der Waals surface area contributed by atoms with Crippen molar-refractivity contribution in [2.75, 3.05) is 13.7 Å². The average molecular weight is 269 g/mol. The molecule has 2 aromatic carbocycles. The highest BCUT2D eigenvalue weighted by Gasteiger charge is 2.18. The lowest BCUT2D eigenvalue weighted by Crippen LogP contribution is -2.24. The molecule has 1 atom stereocenters. The van der Waals surface area contributed by atoms with Crippen molar-refractivity contribution in [2.45, 2.75) is 26.3 Å². The van der Waals surface area contributed by atoms with Crippen LogP contribution in [0.4, 0.5) is 0 Å². The first-order valence-corrected chi connectivity index (χ1v) is 7.19. The first-order chi connectivity index (χ1) is 9.77. The third kappa shape index (κ3) is 3.20. The maximum Gasteiger partial charge on any atom is 0.123 e. The van der Waals surface area contributed by atoms with Gasteiger partial charge < -0.3 is 10.1 Å². The minimum absolute atomic E-state index is 0.173. The molecular weight excluding hydrogens is 246 g/mol. The molecule has 20 heavy (non-hydrogen) atoms. The Kier molecular flexibility index (Phi) is 5.19. The van der Waals surface area contributed by atoms with Gasteiger partial charge in [-0.1, -0.05) is 49.4 Å². The number of benzene rings is 2. The molecule has 0 bridgehead atoms. The summed E-state index contributed by atoms with van der Waals surface area (Å²) >= 11 is 0. The second-order valence-corrected chi connectivity index (χ2v) is 4.99. The summed E-state index contributed by atoms with van der Waals surface area (Å²) in [5.74, 6) is 0.935. The molecule has 0 aliphatic heterocycles. The van der Waals surface area contributed by atoms with Gasteiger partial charge in [-0.2, -0.15) is 0 Å². The molecule has 0 aliphatic carbocycles. The molecule has 0 spiro atoms. The molecule has 1 unspecified atom stereocenters. The summed E-state index contributed by atoms with van der Waals surface area (Å²) in [6, 6.07) is 16.9. The van der Waals surface area contributed by atoms with Gasteiger partial charge in [0.1, 0.15) is 5.75 Å². The molecule has 0 aromatic heterocycles. The molecule has 2 nitrogen and oxygen atoms in total. The standard InChI is InChI=1S/C18H23NO/c1-4-13-19-18(15-10-6-5-9-14(15)2)16-11-7-8-12-17(16)20-3/h5-12,18-19H,4,13H2,1-3H3. The zero-order chi connectivity index (χ0) is 14.4. The van der Waals surface area contributed by atoms with Crippen LogP contribution in [0, 0.1) is 6.92 Å². The predicted molar refractivity (Wildman–Crippen MR) is 84.3 cm³/mol. The van der Waals surface area contributed by atoms with Crippen LogP contribution in [0.25, 0.3) is 0 Å². The van der Waals surface area contributed by atoms with Crippen LogP contribution in [0.2, 0.25) is 0 Å². The van der Waals surface area contributed by atoms with Crippen LogP contribution in [0.1, 0.15) is 36.1 Å². The summed E-state index contributed by atoms with van der Waals surface area (Å²) in [5.41, 5.74) is 3.80. The third-order valence-corrected chi connectivity index (χ3v) is 3.55. The number of nitrogens with one attached hydrogen (secondary N) is 1. The molecule has 2 heteroatoms. The van der Waals surface area contributed by atoms with Gasteiger partial charge in [-0.25, -0.2) is 0 Å². The second-order valence-electron chi connectivity index (χ2n) is 4.99. The highest BCUT2D eigenvalue weighted by molar-refractivity contribution is 5.43. The highest BCUT2D eigenvalue weighted by Crippen LogP contribution is 2.31. The normalized spacial score (nSPS) is 12.2. The van der Waals surface area contributed by atoms with Crippen molar-refractivity contribution < 1.29 is 4.74 Å². The van der Waals surface area contributed by atoms with Crippen LogP contribution in [0.15, 0.2) is 48.5 Å². The number of rotatable bonds is 6. The maximum atomic E-state index is 5.53. The fourth-order valence-electron chi connectivity index (χ4n) is 2.49. The third-order valence-electron chi connectivity index (χ3n) is 3.55. The number of ether oxygens (including phenoxy) is 1. The number of methoxy groups -OCH3 is 1. The van der Waals surface area contributed by atoms with Crippen LogP contribution < -0.4 is 10.1 Å². The van der Waals surface area contributed by atoms with Crippen molar-refractivity contribution in [1.29, 1.82) is 0 Å². The van der Waals surface area contributed by atoms with Crippen LogP contribution in [-0.2, 0) is 0 Å². The van der Waals surface area contributed by atoms with Gasteiger partial charge in [0.2, 0.25) is 0 Å². The Morgan fingerprint density at radius 2 is 1.65 bits per heavy atom. The molecule has 0 aliphatic rings. The van der Waals surface area contributed by atoms with E-state index in [1.54, 1.807) is 7.11 Å². The fourth-order valence-corrected chi connectivity index (χ4v) is 2.49. The van der Waals surface area contributed by atoms with E-state index >= 15 is 0 Å². The van der Waals surface area contributed by atoms with E-state index in [-0.39, 0.29) is 6.04 Å². The Morgan fingerprint density at radius 1 is 1.00 bits per heavy atom. The van der Waals surface area contributed by atoms with Crippen LogP contribution in [-0.4, -0.2) is 13.7 Å². The van der Waals surface area contributed by atoms with Gasteiger partial charge in [-0.3, -0.25) is 0 Å². The molecular formula is C18H23NO. The van der Waals surface area contributed by atoms with Crippen LogP contribution >= 0.6 is 0 Å². The molecule has 1 N–H and O–H groups in total. The van der Waals surface area contributed by atoms with Crippen LogP contribution in [0.5, 0.6) is 5.75 Å². The first-order valence-electron chi connectivity index (χ1n) is 7.19. The lowest BCUT2D eigenvalue weighted by atomic mass is 9.94. The highest BCUT2D eigenvalue weighted by atomic mass is 16.5. The van der Waals surface area contributed by atoms with Crippen molar-refractivity contribution in [3.8, 4) is 5.75 Å². The van der Waals surface area contributed by atoms with Crippen LogP contribution in [0.3, 0.4) is 0 Å². The summed E-state index contributed by atoms with van der Waals surface area (Å²) in [6.45, 7) is 5.33. The molecule has 0 saturated carbocycles. The average Bonchev–Trinajstić information content (AvgIpc) is 2.49. The number of para-hydroxylation sites is 1. The Hall–Kier alpha value is -1.80. The van der Waals surface area contributed by atoms with E-state index in [1.165, 1.54) is 16.7 Å². The second kappa shape index (κ2) is 7.11. The molecule has 106 valence electrons. The summed E-state index contributed by atoms with van der Waals surface area (Å²) < 4.78 is 5.53. The Bertz CT molecular complexity index is 551. The molecule has 0 heterocycles. The van der Waals surface area contributed by atoms with Crippen molar-refractivity contribution in [3.63, 3.8) is 0 Å². The van der Waals surface area contributed by atoms with Crippen molar-refractivity contribution in [2.24, 2.45) is 0 Å². The number of aryl methyl sites for hydroxylation is 1. The minimum atomic E-state index is 0.173. The summed E-state index contributed by atoms with van der Waals surface area (Å²) in [6.07, 6.45) is 1.11. The molecule has 2 rings (SSSR count). The lowest BCUT2D eigenvalue weighted by Gasteiger charge is -2.23. The van der Waals surface area contributed by atoms with Gasteiger partial charge in [-0.05, 0) is 37.1 Å². The molecule has 2 aromatic rings. The molecule has 0 fully saturated rings. The van der Waals surface area contributed by atoms with Gasteiger partial charge in [0.05, 0.1) is 13.2 Å².